The van der Waals surface area contributed by atoms with E-state index in [1.807, 2.05) is 19.9 Å². The third-order valence-corrected chi connectivity index (χ3v) is 3.04. The average molecular weight is 289 g/mol. The van der Waals surface area contributed by atoms with Crippen molar-refractivity contribution in [2.24, 2.45) is 5.73 Å². The summed E-state index contributed by atoms with van der Waals surface area (Å²) in [5, 5.41) is 3.21. The molecule has 0 unspecified atom stereocenters. The van der Waals surface area contributed by atoms with E-state index in [2.05, 4.69) is 21.2 Å². The fraction of sp³-hybridized carbons (Fsp3) is 0.500. The Balaban J connectivity index is 2.83. The van der Waals surface area contributed by atoms with Crippen molar-refractivity contribution in [1.82, 2.24) is 5.32 Å². The fourth-order valence-electron chi connectivity index (χ4n) is 1.61. The molecule has 0 spiro atoms. The van der Waals surface area contributed by atoms with Crippen molar-refractivity contribution >= 4 is 15.9 Å². The van der Waals surface area contributed by atoms with Gasteiger partial charge in [0.1, 0.15) is 5.82 Å². The van der Waals surface area contributed by atoms with Crippen molar-refractivity contribution in [1.29, 1.82) is 0 Å². The Morgan fingerprint density at radius 2 is 2.12 bits per heavy atom. The van der Waals surface area contributed by atoms with Gasteiger partial charge < -0.3 is 11.1 Å². The lowest BCUT2D eigenvalue weighted by Crippen LogP contribution is -2.36. The van der Waals surface area contributed by atoms with Crippen LogP contribution in [0.3, 0.4) is 0 Å². The molecule has 0 amide bonds. The van der Waals surface area contributed by atoms with Crippen molar-refractivity contribution in [3.8, 4) is 0 Å². The van der Waals surface area contributed by atoms with Gasteiger partial charge in [-0.3, -0.25) is 0 Å². The van der Waals surface area contributed by atoms with Crippen molar-refractivity contribution < 1.29 is 4.39 Å². The molecule has 0 atom stereocenters. The van der Waals surface area contributed by atoms with Gasteiger partial charge in [-0.25, -0.2) is 4.39 Å². The highest BCUT2D eigenvalue weighted by Crippen LogP contribution is 2.27. The maximum Gasteiger partial charge on any atom is 0.127 e. The van der Waals surface area contributed by atoms with E-state index in [9.17, 15) is 4.39 Å². The van der Waals surface area contributed by atoms with Gasteiger partial charge in [0.2, 0.25) is 0 Å². The highest BCUT2D eigenvalue weighted by atomic mass is 79.9. The van der Waals surface area contributed by atoms with Gasteiger partial charge >= 0.3 is 0 Å². The quantitative estimate of drug-likeness (QED) is 0.817. The first-order valence-corrected chi connectivity index (χ1v) is 6.13. The Bertz CT molecular complexity index is 353. The van der Waals surface area contributed by atoms with E-state index >= 15 is 0 Å². The summed E-state index contributed by atoms with van der Waals surface area (Å²) in [6, 6.07) is 5.03. The van der Waals surface area contributed by atoms with Gasteiger partial charge in [0, 0.05) is 29.5 Å². The van der Waals surface area contributed by atoms with Gasteiger partial charge in [-0.2, -0.15) is 0 Å². The van der Waals surface area contributed by atoms with Crippen molar-refractivity contribution in [3.05, 3.63) is 34.1 Å². The predicted octanol–water partition coefficient (Wildman–Crippen LogP) is 2.41. The van der Waals surface area contributed by atoms with E-state index in [1.165, 1.54) is 6.07 Å². The highest BCUT2D eigenvalue weighted by Gasteiger charge is 2.23. The standard InChI is InChI=1S/C12H18BrFN2/c1-12(2,8-16-6-5-15)10-7-9(13)3-4-11(10)14/h3-4,7,16H,5-6,8,15H2,1-2H3. The van der Waals surface area contributed by atoms with E-state index in [-0.39, 0.29) is 11.2 Å². The third kappa shape index (κ3) is 3.54. The zero-order valence-electron chi connectivity index (χ0n) is 9.69. The Morgan fingerprint density at radius 1 is 1.44 bits per heavy atom. The molecule has 0 aliphatic rings. The summed E-state index contributed by atoms with van der Waals surface area (Å²) in [6.07, 6.45) is 0. The lowest BCUT2D eigenvalue weighted by Gasteiger charge is -2.26. The number of halogens is 2. The normalized spacial score (nSPS) is 11.8. The lowest BCUT2D eigenvalue weighted by atomic mass is 9.84. The minimum atomic E-state index is -0.247. The molecule has 16 heavy (non-hydrogen) atoms. The second-order valence-corrected chi connectivity index (χ2v) is 5.39. The largest absolute Gasteiger partial charge is 0.329 e. The molecule has 0 aliphatic heterocycles. The zero-order valence-corrected chi connectivity index (χ0v) is 11.3. The first-order chi connectivity index (χ1) is 7.47. The summed E-state index contributed by atoms with van der Waals surface area (Å²) in [4.78, 5) is 0. The molecule has 1 aromatic carbocycles. The number of benzene rings is 1. The molecule has 3 N–H and O–H groups in total. The van der Waals surface area contributed by atoms with Crippen LogP contribution in [0.25, 0.3) is 0 Å². The van der Waals surface area contributed by atoms with E-state index in [4.69, 9.17) is 5.73 Å². The number of nitrogens with two attached hydrogens (primary N) is 1. The molecule has 2 nitrogen and oxygen atoms in total. The maximum atomic E-state index is 13.7. The van der Waals surface area contributed by atoms with Crippen LogP contribution in [0.2, 0.25) is 0 Å². The third-order valence-electron chi connectivity index (χ3n) is 2.55. The van der Waals surface area contributed by atoms with Crippen LogP contribution < -0.4 is 11.1 Å². The van der Waals surface area contributed by atoms with Crippen molar-refractivity contribution in [2.45, 2.75) is 19.3 Å². The zero-order chi connectivity index (χ0) is 12.2. The predicted molar refractivity (Wildman–Crippen MR) is 69.1 cm³/mol. The minimum Gasteiger partial charge on any atom is -0.329 e. The maximum absolute atomic E-state index is 13.7. The van der Waals surface area contributed by atoms with Crippen LogP contribution in [-0.4, -0.2) is 19.6 Å². The highest BCUT2D eigenvalue weighted by molar-refractivity contribution is 9.10. The number of hydrogen-bond donors (Lipinski definition) is 2. The first-order valence-electron chi connectivity index (χ1n) is 5.33. The fourth-order valence-corrected chi connectivity index (χ4v) is 1.98. The van der Waals surface area contributed by atoms with E-state index in [0.717, 1.165) is 11.0 Å². The minimum absolute atomic E-state index is 0.164. The summed E-state index contributed by atoms with van der Waals surface area (Å²) < 4.78 is 14.6. The van der Waals surface area contributed by atoms with E-state index in [0.29, 0.717) is 18.7 Å². The second kappa shape index (κ2) is 5.75. The smallest absolute Gasteiger partial charge is 0.127 e. The first kappa shape index (κ1) is 13.6. The molecule has 0 saturated carbocycles. The van der Waals surface area contributed by atoms with Crippen LogP contribution in [0.5, 0.6) is 0 Å². The molecule has 0 saturated heterocycles. The molecular formula is C12H18BrFN2. The van der Waals surface area contributed by atoms with Gasteiger partial charge in [-0.15, -0.1) is 0 Å². The number of hydrogen-bond acceptors (Lipinski definition) is 2. The van der Waals surface area contributed by atoms with Crippen LogP contribution in [0, 0.1) is 5.82 Å². The Kier molecular flexibility index (Phi) is 4.89. The number of nitrogens with one attached hydrogen (secondary N) is 1. The summed E-state index contributed by atoms with van der Waals surface area (Å²) >= 11 is 3.36. The SMILES string of the molecule is CC(C)(CNCCN)c1cc(Br)ccc1F. The molecule has 1 aromatic rings. The molecule has 90 valence electrons. The monoisotopic (exact) mass is 288 g/mol. The molecule has 0 radical (unpaired) electrons. The Hall–Kier alpha value is -0.450. The topological polar surface area (TPSA) is 38.0 Å². The Morgan fingerprint density at radius 3 is 2.75 bits per heavy atom. The molecular weight excluding hydrogens is 271 g/mol. The second-order valence-electron chi connectivity index (χ2n) is 4.47. The molecule has 0 aromatic heterocycles. The van der Waals surface area contributed by atoms with Crippen molar-refractivity contribution in [3.63, 3.8) is 0 Å². The van der Waals surface area contributed by atoms with Crippen LogP contribution in [0.4, 0.5) is 4.39 Å². The van der Waals surface area contributed by atoms with E-state index < -0.39 is 0 Å². The van der Waals surface area contributed by atoms with Gasteiger partial charge in [0.15, 0.2) is 0 Å². The molecule has 1 rings (SSSR count). The van der Waals surface area contributed by atoms with Gasteiger partial charge in [-0.1, -0.05) is 29.8 Å². The van der Waals surface area contributed by atoms with Crippen molar-refractivity contribution in [2.75, 3.05) is 19.6 Å². The van der Waals surface area contributed by atoms with Crippen LogP contribution >= 0.6 is 15.9 Å². The van der Waals surface area contributed by atoms with Gasteiger partial charge in [-0.05, 0) is 23.8 Å². The molecule has 0 fully saturated rings. The van der Waals surface area contributed by atoms with Gasteiger partial charge in [0.25, 0.3) is 0 Å². The van der Waals surface area contributed by atoms with Gasteiger partial charge in [0.05, 0.1) is 0 Å². The van der Waals surface area contributed by atoms with Crippen LogP contribution in [-0.2, 0) is 5.41 Å². The Labute approximate surface area is 105 Å². The lowest BCUT2D eigenvalue weighted by molar-refractivity contribution is 0.447. The molecule has 0 bridgehead atoms. The molecule has 0 aliphatic carbocycles. The van der Waals surface area contributed by atoms with Crippen LogP contribution in [0.15, 0.2) is 22.7 Å². The summed E-state index contributed by atoms with van der Waals surface area (Å²) in [5.74, 6) is -0.164. The molecule has 4 heteroatoms. The van der Waals surface area contributed by atoms with E-state index in [1.54, 1.807) is 6.07 Å². The summed E-state index contributed by atoms with van der Waals surface area (Å²) in [5.41, 5.74) is 5.87. The average Bonchev–Trinajstić information content (AvgIpc) is 2.22. The summed E-state index contributed by atoms with van der Waals surface area (Å²) in [6.45, 7) is 6.08. The number of rotatable bonds is 5. The molecule has 0 heterocycles. The summed E-state index contributed by atoms with van der Waals surface area (Å²) in [7, 11) is 0. The van der Waals surface area contributed by atoms with Crippen LogP contribution in [0.1, 0.15) is 19.4 Å².